The Labute approximate surface area is 204 Å². The van der Waals surface area contributed by atoms with Crippen LogP contribution in [0.2, 0.25) is 5.02 Å². The lowest BCUT2D eigenvalue weighted by molar-refractivity contribution is -0.149. The fourth-order valence-electron chi connectivity index (χ4n) is 5.22. The summed E-state index contributed by atoms with van der Waals surface area (Å²) in [5.41, 5.74) is 2.09. The lowest BCUT2D eigenvalue weighted by Gasteiger charge is -2.26. The van der Waals surface area contributed by atoms with Crippen LogP contribution < -0.4 is 5.56 Å². The van der Waals surface area contributed by atoms with Gasteiger partial charge >= 0.3 is 5.97 Å². The van der Waals surface area contributed by atoms with Gasteiger partial charge in [0.1, 0.15) is 18.0 Å². The first kappa shape index (κ1) is 21.9. The number of aromatic nitrogens is 2. The summed E-state index contributed by atoms with van der Waals surface area (Å²) in [6.45, 7) is 1.71. The molecule has 0 amide bonds. The number of ether oxygens (including phenoxy) is 1. The van der Waals surface area contributed by atoms with Crippen LogP contribution in [0.15, 0.2) is 53.3 Å². The number of carbonyl (C=O) groups excluding carboxylic acids is 1. The highest BCUT2D eigenvalue weighted by atomic mass is 35.5. The molecular formula is C27H20ClFN2O4. The Kier molecular flexibility index (Phi) is 4.85. The first-order valence-electron chi connectivity index (χ1n) is 11.3. The van der Waals surface area contributed by atoms with Gasteiger partial charge in [-0.05, 0) is 42.3 Å². The molecule has 2 aliphatic heterocycles. The number of fused-ring (bicyclic) bond motifs is 5. The Bertz CT molecular complexity index is 1630. The lowest BCUT2D eigenvalue weighted by Crippen LogP contribution is -2.32. The van der Waals surface area contributed by atoms with Gasteiger partial charge in [0.15, 0.2) is 0 Å². The second-order valence-corrected chi connectivity index (χ2v) is 9.43. The summed E-state index contributed by atoms with van der Waals surface area (Å²) in [5.74, 6) is -0.952. The highest BCUT2D eigenvalue weighted by molar-refractivity contribution is 6.31. The number of pyridine rings is 2. The number of rotatable bonds is 2. The van der Waals surface area contributed by atoms with Crippen molar-refractivity contribution in [3.05, 3.63) is 86.4 Å². The third-order valence-electron chi connectivity index (χ3n) is 7.05. The monoisotopic (exact) mass is 490 g/mol. The van der Waals surface area contributed by atoms with Crippen LogP contribution in [0, 0.1) is 5.82 Å². The molecule has 8 heteroatoms. The average molecular weight is 491 g/mol. The third kappa shape index (κ3) is 3.22. The molecule has 6 nitrogen and oxygen atoms in total. The molecule has 4 aromatic rings. The molecule has 0 radical (unpaired) electrons. The summed E-state index contributed by atoms with van der Waals surface area (Å²) in [7, 11) is 0. The van der Waals surface area contributed by atoms with Gasteiger partial charge in [-0.25, -0.2) is 9.37 Å². The van der Waals surface area contributed by atoms with Crippen LogP contribution in [0.25, 0.3) is 33.4 Å². The van der Waals surface area contributed by atoms with E-state index in [1.807, 2.05) is 0 Å². The molecular weight excluding hydrogens is 471 g/mol. The van der Waals surface area contributed by atoms with E-state index in [4.69, 9.17) is 21.3 Å². The fraction of sp³-hybridized carbons (Fsp3) is 0.222. The minimum atomic E-state index is -1.53. The fourth-order valence-corrected chi connectivity index (χ4v) is 5.39. The van der Waals surface area contributed by atoms with Gasteiger partial charge in [-0.1, -0.05) is 36.7 Å². The minimum absolute atomic E-state index is 0.161. The summed E-state index contributed by atoms with van der Waals surface area (Å²) in [6.07, 6.45) is -0.00858. The number of carbonyl (C=O) groups is 1. The Balaban J connectivity index is 1.69. The van der Waals surface area contributed by atoms with Crippen LogP contribution in [0.4, 0.5) is 4.39 Å². The second kappa shape index (κ2) is 7.73. The van der Waals surface area contributed by atoms with Gasteiger partial charge in [-0.2, -0.15) is 0 Å². The number of benzene rings is 2. The van der Waals surface area contributed by atoms with E-state index in [2.05, 4.69) is 0 Å². The summed E-state index contributed by atoms with van der Waals surface area (Å²) >= 11 is 6.30. The quantitative estimate of drug-likeness (QED) is 0.355. The molecule has 0 bridgehead atoms. The number of halogens is 2. The first-order valence-corrected chi connectivity index (χ1v) is 11.7. The summed E-state index contributed by atoms with van der Waals surface area (Å²) in [6, 6.07) is 13.4. The van der Waals surface area contributed by atoms with Crippen molar-refractivity contribution < 1.29 is 19.0 Å². The molecule has 4 heterocycles. The molecule has 1 N–H and O–H groups in total. The largest absolute Gasteiger partial charge is 0.460 e. The standard InChI is InChI=1S/C27H20ClFN2O4/c1-2-27(34)11-23(32)35-13-18-19(27)10-22-25-17(12-31(22)26(18)33)24(15-5-3-4-6-20(15)29)16-9-14(28)7-8-21(16)30-25/h3-10,34H,2,11-13H2,1H3/t27-/m1/s1. The Hall–Kier alpha value is -3.55. The van der Waals surface area contributed by atoms with E-state index < -0.39 is 17.4 Å². The molecule has 35 heavy (non-hydrogen) atoms. The number of cyclic esters (lactones) is 1. The van der Waals surface area contributed by atoms with E-state index in [1.54, 1.807) is 54.0 Å². The van der Waals surface area contributed by atoms with Gasteiger partial charge in [-0.3, -0.25) is 9.59 Å². The molecule has 0 saturated carbocycles. The number of nitrogens with zero attached hydrogens (tertiary/aromatic N) is 2. The first-order chi connectivity index (χ1) is 16.8. The van der Waals surface area contributed by atoms with Gasteiger partial charge in [-0.15, -0.1) is 0 Å². The SMILES string of the molecule is CC[C@@]1(O)CC(=O)OCc2c1cc1n(c2=O)Cc2c-1nc1ccc(Cl)cc1c2-c1ccccc1F. The molecule has 6 rings (SSSR count). The molecule has 0 aliphatic carbocycles. The third-order valence-corrected chi connectivity index (χ3v) is 7.29. The maximum absolute atomic E-state index is 15.1. The van der Waals surface area contributed by atoms with Crippen LogP contribution in [-0.4, -0.2) is 20.6 Å². The maximum atomic E-state index is 15.1. The van der Waals surface area contributed by atoms with Crippen LogP contribution in [0.5, 0.6) is 0 Å². The zero-order valence-electron chi connectivity index (χ0n) is 18.8. The summed E-state index contributed by atoms with van der Waals surface area (Å²) < 4.78 is 21.8. The van der Waals surface area contributed by atoms with Gasteiger partial charge in [0.2, 0.25) is 0 Å². The molecule has 2 aromatic heterocycles. The van der Waals surface area contributed by atoms with Crippen molar-refractivity contribution in [3.8, 4) is 22.5 Å². The predicted molar refractivity (Wildman–Crippen MR) is 130 cm³/mol. The van der Waals surface area contributed by atoms with Gasteiger partial charge in [0.05, 0.1) is 35.4 Å². The van der Waals surface area contributed by atoms with Gasteiger partial charge in [0, 0.05) is 27.1 Å². The molecule has 2 aliphatic rings. The number of aliphatic hydroxyl groups is 1. The molecule has 0 unspecified atom stereocenters. The van der Waals surface area contributed by atoms with E-state index in [0.29, 0.717) is 49.6 Å². The number of hydrogen-bond acceptors (Lipinski definition) is 5. The zero-order chi connectivity index (χ0) is 24.5. The zero-order valence-corrected chi connectivity index (χ0v) is 19.5. The van der Waals surface area contributed by atoms with Crippen molar-refractivity contribution in [2.75, 3.05) is 0 Å². The molecule has 0 spiro atoms. The van der Waals surface area contributed by atoms with Crippen molar-refractivity contribution in [3.63, 3.8) is 0 Å². The van der Waals surface area contributed by atoms with Gasteiger partial charge in [0.25, 0.3) is 5.56 Å². The normalized spacial score (nSPS) is 18.6. The maximum Gasteiger partial charge on any atom is 0.309 e. The molecule has 2 aromatic carbocycles. The van der Waals surface area contributed by atoms with E-state index in [1.165, 1.54) is 6.07 Å². The van der Waals surface area contributed by atoms with Gasteiger partial charge < -0.3 is 14.4 Å². The Morgan fingerprint density at radius 2 is 1.97 bits per heavy atom. The van der Waals surface area contributed by atoms with Crippen LogP contribution >= 0.6 is 11.6 Å². The predicted octanol–water partition coefficient (Wildman–Crippen LogP) is 4.93. The van der Waals surface area contributed by atoms with Crippen molar-refractivity contribution in [1.29, 1.82) is 0 Å². The molecule has 176 valence electrons. The summed E-state index contributed by atoms with van der Waals surface area (Å²) in [4.78, 5) is 30.6. The van der Waals surface area contributed by atoms with Crippen LogP contribution in [0.1, 0.15) is 36.5 Å². The molecule has 0 fully saturated rings. The average Bonchev–Trinajstić information content (AvgIpc) is 3.14. The van der Waals surface area contributed by atoms with Crippen LogP contribution in [0.3, 0.4) is 0 Å². The summed E-state index contributed by atoms with van der Waals surface area (Å²) in [5, 5.41) is 12.5. The van der Waals surface area contributed by atoms with Crippen molar-refractivity contribution in [1.82, 2.24) is 9.55 Å². The topological polar surface area (TPSA) is 81.4 Å². The van der Waals surface area contributed by atoms with Crippen molar-refractivity contribution >= 4 is 28.5 Å². The Morgan fingerprint density at radius 1 is 1.17 bits per heavy atom. The van der Waals surface area contributed by atoms with Crippen LogP contribution in [-0.2, 0) is 28.3 Å². The number of esters is 1. The van der Waals surface area contributed by atoms with E-state index in [0.717, 1.165) is 0 Å². The van der Waals surface area contributed by atoms with Crippen molar-refractivity contribution in [2.24, 2.45) is 0 Å². The minimum Gasteiger partial charge on any atom is -0.460 e. The number of hydrogen-bond donors (Lipinski definition) is 1. The smallest absolute Gasteiger partial charge is 0.309 e. The van der Waals surface area contributed by atoms with E-state index in [-0.39, 0.29) is 37.1 Å². The molecule has 1 atom stereocenters. The van der Waals surface area contributed by atoms with E-state index in [9.17, 15) is 14.7 Å². The lowest BCUT2D eigenvalue weighted by atomic mass is 9.85. The highest BCUT2D eigenvalue weighted by Gasteiger charge is 2.40. The molecule has 0 saturated heterocycles. The Morgan fingerprint density at radius 3 is 2.74 bits per heavy atom. The second-order valence-electron chi connectivity index (χ2n) is 8.99. The van der Waals surface area contributed by atoms with E-state index >= 15 is 4.39 Å². The van der Waals surface area contributed by atoms with Crippen molar-refractivity contribution in [2.45, 2.75) is 38.5 Å². The highest BCUT2D eigenvalue weighted by Crippen LogP contribution is 2.44.